The minimum Gasteiger partial charge on any atom is -0.506 e. The summed E-state index contributed by atoms with van der Waals surface area (Å²) in [5, 5.41) is 10.1. The predicted octanol–water partition coefficient (Wildman–Crippen LogP) is 3.28. The van der Waals surface area contributed by atoms with Crippen molar-refractivity contribution in [2.24, 2.45) is 4.99 Å². The van der Waals surface area contributed by atoms with Crippen LogP contribution in [0.2, 0.25) is 0 Å². The van der Waals surface area contributed by atoms with E-state index in [2.05, 4.69) is 14.5 Å². The quantitative estimate of drug-likeness (QED) is 0.201. The maximum Gasteiger partial charge on any atom is 0.343 e. The Morgan fingerprint density at radius 3 is 2.48 bits per heavy atom. The lowest BCUT2D eigenvalue weighted by Crippen LogP contribution is -2.13. The number of aliphatic imine (C=N–C) groups is 1. The average Bonchev–Trinajstić information content (AvgIpc) is 2.55. The van der Waals surface area contributed by atoms with Gasteiger partial charge in [0.15, 0.2) is 17.4 Å². The third kappa shape index (κ3) is 4.91. The molecule has 0 bridgehead atoms. The van der Waals surface area contributed by atoms with E-state index in [1.54, 1.807) is 0 Å². The van der Waals surface area contributed by atoms with Crippen LogP contribution in [0.25, 0.3) is 5.76 Å². The Balaban J connectivity index is 3.52. The number of carbonyl (C=O) groups is 1. The van der Waals surface area contributed by atoms with Crippen molar-refractivity contribution >= 4 is 17.9 Å². The number of rotatable bonds is 7. The molecule has 0 unspecified atom stereocenters. The largest absolute Gasteiger partial charge is 0.506 e. The van der Waals surface area contributed by atoms with Crippen LogP contribution in [0, 0.1) is 17.5 Å². The number of hydrogen-bond acceptors (Lipinski definition) is 5. The fourth-order valence-corrected chi connectivity index (χ4v) is 1.72. The number of methoxy groups -OCH3 is 1. The summed E-state index contributed by atoms with van der Waals surface area (Å²) in [6.07, 6.45) is -2.30. The maximum atomic E-state index is 14.2. The van der Waals surface area contributed by atoms with Crippen LogP contribution >= 0.6 is 0 Å². The van der Waals surface area contributed by atoms with Crippen LogP contribution in [-0.4, -0.2) is 44.0 Å². The fraction of sp³-hybridized carbons (Fsp3) is 0.333. The van der Waals surface area contributed by atoms with Crippen molar-refractivity contribution in [2.45, 2.75) is 13.3 Å². The molecular formula is C15H14F5NO4. The van der Waals surface area contributed by atoms with Gasteiger partial charge in [0.25, 0.3) is 6.43 Å². The number of esters is 1. The Bertz CT molecular complexity index is 704. The second kappa shape index (κ2) is 9.00. The van der Waals surface area contributed by atoms with Gasteiger partial charge in [-0.05, 0) is 13.0 Å². The summed E-state index contributed by atoms with van der Waals surface area (Å²) in [5.74, 6) is -8.22. The predicted molar refractivity (Wildman–Crippen MR) is 78.4 cm³/mol. The SMILES string of the molecule is CCOC(=O)C(C=NCC(F)F)=C(O)c1cc(F)c(F)c(OC)c1F. The van der Waals surface area contributed by atoms with E-state index in [1.165, 1.54) is 6.92 Å². The molecule has 0 heterocycles. The van der Waals surface area contributed by atoms with Crippen molar-refractivity contribution < 1.29 is 41.3 Å². The minimum absolute atomic E-state index is 0.151. The van der Waals surface area contributed by atoms with E-state index in [0.717, 1.165) is 7.11 Å². The van der Waals surface area contributed by atoms with E-state index >= 15 is 0 Å². The van der Waals surface area contributed by atoms with Crippen LogP contribution in [-0.2, 0) is 9.53 Å². The molecule has 1 aromatic carbocycles. The topological polar surface area (TPSA) is 68.1 Å². The van der Waals surface area contributed by atoms with E-state index in [-0.39, 0.29) is 12.7 Å². The van der Waals surface area contributed by atoms with Crippen molar-refractivity contribution in [1.82, 2.24) is 0 Å². The Kier molecular flexibility index (Phi) is 7.34. The molecule has 0 saturated carbocycles. The van der Waals surface area contributed by atoms with Crippen molar-refractivity contribution in [3.63, 3.8) is 0 Å². The summed E-state index contributed by atoms with van der Waals surface area (Å²) in [7, 11) is 0.863. The molecule has 0 spiro atoms. The third-order valence-corrected chi connectivity index (χ3v) is 2.79. The molecule has 1 rings (SSSR count). The van der Waals surface area contributed by atoms with Gasteiger partial charge < -0.3 is 14.6 Å². The number of ether oxygens (including phenoxy) is 2. The van der Waals surface area contributed by atoms with Gasteiger partial charge in [-0.1, -0.05) is 0 Å². The number of hydrogen-bond donors (Lipinski definition) is 1. The molecule has 25 heavy (non-hydrogen) atoms. The lowest BCUT2D eigenvalue weighted by molar-refractivity contribution is -0.137. The summed E-state index contributed by atoms with van der Waals surface area (Å²) >= 11 is 0. The van der Waals surface area contributed by atoms with Gasteiger partial charge in [-0.2, -0.15) is 4.39 Å². The van der Waals surface area contributed by atoms with Crippen LogP contribution < -0.4 is 4.74 Å². The van der Waals surface area contributed by atoms with Crippen LogP contribution in [0.1, 0.15) is 12.5 Å². The number of nitrogens with zero attached hydrogens (tertiary/aromatic N) is 1. The van der Waals surface area contributed by atoms with Gasteiger partial charge in [-0.25, -0.2) is 22.4 Å². The third-order valence-electron chi connectivity index (χ3n) is 2.79. The maximum absolute atomic E-state index is 14.2. The second-order valence-corrected chi connectivity index (χ2v) is 4.44. The Hall–Kier alpha value is -2.65. The van der Waals surface area contributed by atoms with E-state index in [0.29, 0.717) is 6.21 Å². The first-order chi connectivity index (χ1) is 11.7. The zero-order chi connectivity index (χ0) is 19.1. The van der Waals surface area contributed by atoms with Gasteiger partial charge >= 0.3 is 5.97 Å². The number of aliphatic hydroxyl groups excluding tert-OH is 1. The van der Waals surface area contributed by atoms with Crippen molar-refractivity contribution in [3.05, 3.63) is 34.7 Å². The summed E-state index contributed by atoms with van der Waals surface area (Å²) in [6.45, 7) is 0.270. The number of aliphatic hydroxyl groups is 1. The highest BCUT2D eigenvalue weighted by atomic mass is 19.3. The number of carbonyl (C=O) groups excluding carboxylic acids is 1. The van der Waals surface area contributed by atoms with E-state index in [1.807, 2.05) is 0 Å². The first-order valence-corrected chi connectivity index (χ1v) is 6.84. The van der Waals surface area contributed by atoms with Crippen molar-refractivity contribution in [2.75, 3.05) is 20.3 Å². The normalized spacial score (nSPS) is 12.5. The van der Waals surface area contributed by atoms with Gasteiger partial charge in [-0.3, -0.25) is 4.99 Å². The molecule has 0 aliphatic rings. The second-order valence-electron chi connectivity index (χ2n) is 4.44. The summed E-state index contributed by atoms with van der Waals surface area (Å²) in [4.78, 5) is 15.0. The molecule has 0 aliphatic heterocycles. The minimum atomic E-state index is -2.83. The Labute approximate surface area is 139 Å². The zero-order valence-corrected chi connectivity index (χ0v) is 13.2. The summed E-state index contributed by atoms with van der Waals surface area (Å²) in [6, 6.07) is 0.280. The molecule has 1 aromatic rings. The molecule has 1 N–H and O–H groups in total. The highest BCUT2D eigenvalue weighted by Gasteiger charge is 2.25. The molecular weight excluding hydrogens is 353 g/mol. The van der Waals surface area contributed by atoms with Crippen LogP contribution in [0.3, 0.4) is 0 Å². The van der Waals surface area contributed by atoms with Gasteiger partial charge in [0.05, 0.1) is 25.8 Å². The highest BCUT2D eigenvalue weighted by Crippen LogP contribution is 2.31. The summed E-state index contributed by atoms with van der Waals surface area (Å²) < 4.78 is 74.4. The molecule has 0 aliphatic carbocycles. The van der Waals surface area contributed by atoms with Crippen LogP contribution in [0.4, 0.5) is 22.0 Å². The number of alkyl halides is 2. The first-order valence-electron chi connectivity index (χ1n) is 6.84. The summed E-state index contributed by atoms with van der Waals surface area (Å²) in [5.41, 5.74) is -1.74. The standard InChI is InChI=1S/C15H14F5NO4/c1-3-25-15(23)8(5-21-6-10(17)18)13(22)7-4-9(16)12(20)14(24-2)11(7)19/h4-5,10,22H,3,6H2,1-2H3. The van der Waals surface area contributed by atoms with E-state index in [9.17, 15) is 31.9 Å². The smallest absolute Gasteiger partial charge is 0.343 e. The van der Waals surface area contributed by atoms with Crippen LogP contribution in [0.15, 0.2) is 16.6 Å². The molecule has 0 radical (unpaired) electrons. The molecule has 0 atom stereocenters. The molecule has 0 fully saturated rings. The monoisotopic (exact) mass is 367 g/mol. The number of halogens is 5. The van der Waals surface area contributed by atoms with Gasteiger partial charge in [0, 0.05) is 6.21 Å². The molecule has 0 amide bonds. The van der Waals surface area contributed by atoms with Gasteiger partial charge in [-0.15, -0.1) is 0 Å². The number of benzene rings is 1. The lowest BCUT2D eigenvalue weighted by Gasteiger charge is -2.11. The van der Waals surface area contributed by atoms with Crippen molar-refractivity contribution in [3.8, 4) is 5.75 Å². The van der Waals surface area contributed by atoms with Crippen molar-refractivity contribution in [1.29, 1.82) is 0 Å². The Morgan fingerprint density at radius 2 is 1.96 bits per heavy atom. The molecule has 10 heteroatoms. The average molecular weight is 367 g/mol. The van der Waals surface area contributed by atoms with Gasteiger partial charge in [0.1, 0.15) is 11.3 Å². The molecule has 0 aromatic heterocycles. The molecule has 0 saturated heterocycles. The Morgan fingerprint density at radius 1 is 1.32 bits per heavy atom. The van der Waals surface area contributed by atoms with Crippen LogP contribution in [0.5, 0.6) is 5.75 Å². The van der Waals surface area contributed by atoms with E-state index < -0.39 is 59.0 Å². The zero-order valence-electron chi connectivity index (χ0n) is 13.2. The lowest BCUT2D eigenvalue weighted by atomic mass is 10.1. The first kappa shape index (κ1) is 20.4. The molecule has 5 nitrogen and oxygen atoms in total. The molecule has 138 valence electrons. The highest BCUT2D eigenvalue weighted by molar-refractivity contribution is 6.15. The van der Waals surface area contributed by atoms with E-state index in [4.69, 9.17) is 0 Å². The fourth-order valence-electron chi connectivity index (χ4n) is 1.72. The van der Waals surface area contributed by atoms with Gasteiger partial charge in [0.2, 0.25) is 5.82 Å².